The number of anilines is 2. The van der Waals surface area contributed by atoms with E-state index in [-0.39, 0.29) is 5.91 Å². The van der Waals surface area contributed by atoms with Crippen molar-refractivity contribution in [2.75, 3.05) is 17.3 Å². The Balaban J connectivity index is 1.51. The summed E-state index contributed by atoms with van der Waals surface area (Å²) in [5.41, 5.74) is 3.87. The third kappa shape index (κ3) is 3.94. The summed E-state index contributed by atoms with van der Waals surface area (Å²) in [6.45, 7) is 4.21. The molecule has 2 heterocycles. The van der Waals surface area contributed by atoms with Crippen molar-refractivity contribution in [3.63, 3.8) is 0 Å². The van der Waals surface area contributed by atoms with Gasteiger partial charge in [0.15, 0.2) is 5.82 Å². The van der Waals surface area contributed by atoms with Crippen molar-refractivity contribution < 1.29 is 4.79 Å². The fourth-order valence-corrected chi connectivity index (χ4v) is 2.91. The number of rotatable bonds is 5. The Morgan fingerprint density at radius 2 is 1.79 bits per heavy atom. The summed E-state index contributed by atoms with van der Waals surface area (Å²) in [5, 5.41) is 2.94. The Morgan fingerprint density at radius 1 is 1.07 bits per heavy atom. The van der Waals surface area contributed by atoms with Crippen LogP contribution in [0.1, 0.15) is 24.2 Å². The van der Waals surface area contributed by atoms with E-state index in [0.29, 0.717) is 23.1 Å². The molecular weight excluding hydrogens is 364 g/mol. The van der Waals surface area contributed by atoms with Gasteiger partial charge in [-0.25, -0.2) is 15.0 Å². The Kier molecular flexibility index (Phi) is 4.95. The highest BCUT2D eigenvalue weighted by atomic mass is 16.1. The predicted octanol–water partition coefficient (Wildman–Crippen LogP) is 4.12. The zero-order chi connectivity index (χ0) is 20.4. The lowest BCUT2D eigenvalue weighted by molar-refractivity contribution is 0.102. The number of benzene rings is 2. The molecule has 7 heteroatoms. The predicted molar refractivity (Wildman–Crippen MR) is 115 cm³/mol. The lowest BCUT2D eigenvalue weighted by Crippen LogP contribution is -2.26. The van der Waals surface area contributed by atoms with Gasteiger partial charge in [0.2, 0.25) is 5.95 Å². The van der Waals surface area contributed by atoms with Crippen molar-refractivity contribution in [3.05, 3.63) is 66.5 Å². The van der Waals surface area contributed by atoms with Gasteiger partial charge in [-0.1, -0.05) is 12.1 Å². The second-order valence-electron chi connectivity index (χ2n) is 7.10. The first-order chi connectivity index (χ1) is 14.0. The molecule has 0 atom stereocenters. The number of hydrogen-bond acceptors (Lipinski definition) is 5. The number of hydrogen-bond donors (Lipinski definition) is 2. The summed E-state index contributed by atoms with van der Waals surface area (Å²) in [7, 11) is 2.00. The summed E-state index contributed by atoms with van der Waals surface area (Å²) < 4.78 is 0. The van der Waals surface area contributed by atoms with Crippen LogP contribution in [0, 0.1) is 0 Å². The molecule has 0 radical (unpaired) electrons. The topological polar surface area (TPSA) is 86.8 Å². The van der Waals surface area contributed by atoms with Crippen LogP contribution >= 0.6 is 0 Å². The Bertz CT molecular complexity index is 1140. The summed E-state index contributed by atoms with van der Waals surface area (Å²) in [5.74, 6) is 1.26. The minimum Gasteiger partial charge on any atom is -0.343 e. The second kappa shape index (κ2) is 7.71. The molecule has 29 heavy (non-hydrogen) atoms. The maximum absolute atomic E-state index is 12.6. The highest BCUT2D eigenvalue weighted by Gasteiger charge is 2.12. The minimum absolute atomic E-state index is 0.177. The number of carbonyl (C=O) groups is 1. The summed E-state index contributed by atoms with van der Waals surface area (Å²) in [4.78, 5) is 31.0. The van der Waals surface area contributed by atoms with Crippen molar-refractivity contribution in [1.29, 1.82) is 0 Å². The minimum atomic E-state index is -0.177. The van der Waals surface area contributed by atoms with E-state index in [2.05, 4.69) is 44.0 Å². The van der Waals surface area contributed by atoms with Gasteiger partial charge in [0.25, 0.3) is 5.91 Å². The standard InChI is InChI=1S/C22H22N6O/c1-14(2)28(3)22-26-18-10-9-17(13-19(18)27-22)25-21(29)16-7-5-15(6-8-16)20-23-11-4-12-24-20/h4-14H,1-3H3,(H,25,29)(H,26,27). The molecule has 0 fully saturated rings. The van der Waals surface area contributed by atoms with Gasteiger partial charge in [-0.15, -0.1) is 0 Å². The van der Waals surface area contributed by atoms with Gasteiger partial charge in [-0.05, 0) is 50.2 Å². The first kappa shape index (κ1) is 18.6. The molecular formula is C22H22N6O. The van der Waals surface area contributed by atoms with E-state index in [1.165, 1.54) is 0 Å². The first-order valence-electron chi connectivity index (χ1n) is 9.42. The monoisotopic (exact) mass is 386 g/mol. The number of aromatic nitrogens is 4. The van der Waals surface area contributed by atoms with E-state index < -0.39 is 0 Å². The zero-order valence-corrected chi connectivity index (χ0v) is 16.5. The molecule has 146 valence electrons. The molecule has 2 N–H and O–H groups in total. The maximum atomic E-state index is 12.6. The van der Waals surface area contributed by atoms with E-state index in [0.717, 1.165) is 22.5 Å². The normalized spacial score (nSPS) is 11.0. The second-order valence-corrected chi connectivity index (χ2v) is 7.10. The average Bonchev–Trinajstić information content (AvgIpc) is 3.17. The van der Waals surface area contributed by atoms with Gasteiger partial charge >= 0.3 is 0 Å². The van der Waals surface area contributed by atoms with Crippen LogP contribution in [0.2, 0.25) is 0 Å². The summed E-state index contributed by atoms with van der Waals surface area (Å²) in [6, 6.07) is 15.0. The smallest absolute Gasteiger partial charge is 0.255 e. The SMILES string of the molecule is CC(C)N(C)c1nc2ccc(NC(=O)c3ccc(-c4ncccn4)cc3)cc2[nH]1. The van der Waals surface area contributed by atoms with Crippen LogP contribution in [0.3, 0.4) is 0 Å². The third-order valence-electron chi connectivity index (χ3n) is 4.81. The quantitative estimate of drug-likeness (QED) is 0.539. The number of aromatic amines is 1. The van der Waals surface area contributed by atoms with Crippen LogP contribution in [0.25, 0.3) is 22.4 Å². The number of imidazole rings is 1. The zero-order valence-electron chi connectivity index (χ0n) is 16.5. The van der Waals surface area contributed by atoms with Gasteiger partial charge < -0.3 is 15.2 Å². The van der Waals surface area contributed by atoms with Crippen LogP contribution in [0.15, 0.2) is 60.9 Å². The molecule has 0 bridgehead atoms. The molecule has 0 saturated heterocycles. The third-order valence-corrected chi connectivity index (χ3v) is 4.81. The molecule has 0 aliphatic carbocycles. The molecule has 4 rings (SSSR count). The van der Waals surface area contributed by atoms with Crippen LogP contribution in [0.4, 0.5) is 11.6 Å². The van der Waals surface area contributed by atoms with E-state index >= 15 is 0 Å². The number of nitrogens with one attached hydrogen (secondary N) is 2. The van der Waals surface area contributed by atoms with Gasteiger partial charge in [0.1, 0.15) is 0 Å². The Morgan fingerprint density at radius 3 is 2.48 bits per heavy atom. The van der Waals surface area contributed by atoms with Crippen molar-refractivity contribution in [3.8, 4) is 11.4 Å². The number of nitrogens with zero attached hydrogens (tertiary/aromatic N) is 4. The van der Waals surface area contributed by atoms with Crippen LogP contribution in [0.5, 0.6) is 0 Å². The van der Waals surface area contributed by atoms with E-state index in [1.807, 2.05) is 37.4 Å². The Labute approximate surface area is 168 Å². The fraction of sp³-hybridized carbons (Fsp3) is 0.182. The number of fused-ring (bicyclic) bond motifs is 1. The van der Waals surface area contributed by atoms with Gasteiger partial charge in [-0.3, -0.25) is 4.79 Å². The van der Waals surface area contributed by atoms with Crippen LogP contribution < -0.4 is 10.2 Å². The maximum Gasteiger partial charge on any atom is 0.255 e. The molecule has 1 amide bonds. The number of carbonyl (C=O) groups excluding carboxylic acids is 1. The molecule has 0 saturated carbocycles. The Hall–Kier alpha value is -3.74. The van der Waals surface area contributed by atoms with E-state index in [1.54, 1.807) is 30.6 Å². The highest BCUT2D eigenvalue weighted by Crippen LogP contribution is 2.22. The molecule has 7 nitrogen and oxygen atoms in total. The lowest BCUT2D eigenvalue weighted by atomic mass is 10.1. The van der Waals surface area contributed by atoms with Crippen molar-refractivity contribution in [2.24, 2.45) is 0 Å². The highest BCUT2D eigenvalue weighted by molar-refractivity contribution is 6.05. The molecule has 0 spiro atoms. The van der Waals surface area contributed by atoms with E-state index in [9.17, 15) is 4.79 Å². The van der Waals surface area contributed by atoms with Gasteiger partial charge in [0, 0.05) is 42.3 Å². The van der Waals surface area contributed by atoms with Gasteiger partial charge in [-0.2, -0.15) is 0 Å². The van der Waals surface area contributed by atoms with Gasteiger partial charge in [0.05, 0.1) is 11.0 Å². The summed E-state index contributed by atoms with van der Waals surface area (Å²) >= 11 is 0. The number of amides is 1. The first-order valence-corrected chi connectivity index (χ1v) is 9.42. The van der Waals surface area contributed by atoms with Crippen molar-refractivity contribution >= 4 is 28.6 Å². The molecule has 4 aromatic rings. The lowest BCUT2D eigenvalue weighted by Gasteiger charge is -2.19. The molecule has 0 unspecified atom stereocenters. The molecule has 2 aromatic carbocycles. The van der Waals surface area contributed by atoms with Crippen molar-refractivity contribution in [2.45, 2.75) is 19.9 Å². The fourth-order valence-electron chi connectivity index (χ4n) is 2.91. The van der Waals surface area contributed by atoms with Crippen LogP contribution in [-0.2, 0) is 0 Å². The number of H-pyrrole nitrogens is 1. The molecule has 2 aromatic heterocycles. The van der Waals surface area contributed by atoms with Crippen molar-refractivity contribution in [1.82, 2.24) is 19.9 Å². The molecule has 0 aliphatic heterocycles. The van der Waals surface area contributed by atoms with E-state index in [4.69, 9.17) is 0 Å². The molecule has 0 aliphatic rings. The average molecular weight is 386 g/mol. The largest absolute Gasteiger partial charge is 0.343 e. The summed E-state index contributed by atoms with van der Waals surface area (Å²) in [6.07, 6.45) is 3.39. The van der Waals surface area contributed by atoms with Crippen LogP contribution in [-0.4, -0.2) is 38.9 Å².